The van der Waals surface area contributed by atoms with Crippen LogP contribution in [0.1, 0.15) is 6.92 Å². The number of ether oxygens (including phenoxy) is 3. The molecule has 2 aromatic carbocycles. The quantitative estimate of drug-likeness (QED) is 0.180. The van der Waals surface area contributed by atoms with Gasteiger partial charge < -0.3 is 54.4 Å². The van der Waals surface area contributed by atoms with Gasteiger partial charge in [-0.25, -0.2) is 0 Å². The van der Waals surface area contributed by atoms with Gasteiger partial charge in [0.25, 0.3) is 0 Å². The number of rotatable bonds is 5. The van der Waals surface area contributed by atoms with Gasteiger partial charge in [0.2, 0.25) is 12.0 Å². The van der Waals surface area contributed by atoms with Crippen molar-refractivity contribution in [3.8, 4) is 40.1 Å². The van der Waals surface area contributed by atoms with Crippen molar-refractivity contribution in [3.63, 3.8) is 0 Å². The highest BCUT2D eigenvalue weighted by Crippen LogP contribution is 2.43. The van der Waals surface area contributed by atoms with Crippen LogP contribution in [0.3, 0.4) is 0 Å². The van der Waals surface area contributed by atoms with Gasteiger partial charge in [-0.05, 0) is 18.2 Å². The lowest BCUT2D eigenvalue weighted by Gasteiger charge is -2.39. The number of esters is 1. The Balaban J connectivity index is 1.71. The molecule has 1 aliphatic heterocycles. The zero-order valence-corrected chi connectivity index (χ0v) is 18.6. The molecule has 4 rings (SSSR count). The standard InChI is InChI=1S/C23H22O13/c1-8(24)33-7-16-19(29)21(31)22(32)23(36-16)35-15-6-14-17(20(30)18(15)28)12(27)5-13(34-14)9-2-3-10(25)11(26)4-9/h2-6,16,19,21-23,25-26,28-32H,7H2,1H3/t16-,19-,21+,22-,23-/m1/s1. The number of aromatic hydroxyl groups is 4. The maximum Gasteiger partial charge on any atom is 0.302 e. The molecule has 1 fully saturated rings. The van der Waals surface area contributed by atoms with Gasteiger partial charge in [0.15, 0.2) is 28.4 Å². The third kappa shape index (κ3) is 4.59. The van der Waals surface area contributed by atoms with Crippen LogP contribution >= 0.6 is 0 Å². The number of fused-ring (bicyclic) bond motifs is 1. The van der Waals surface area contributed by atoms with E-state index in [2.05, 4.69) is 0 Å². The van der Waals surface area contributed by atoms with Crippen molar-refractivity contribution >= 4 is 16.9 Å². The van der Waals surface area contributed by atoms with Crippen molar-refractivity contribution in [2.45, 2.75) is 37.6 Å². The maximum absolute atomic E-state index is 12.6. The van der Waals surface area contributed by atoms with E-state index >= 15 is 0 Å². The van der Waals surface area contributed by atoms with Crippen LogP contribution in [0.4, 0.5) is 0 Å². The smallest absolute Gasteiger partial charge is 0.302 e. The summed E-state index contributed by atoms with van der Waals surface area (Å²) in [6.07, 6.45) is -8.27. The van der Waals surface area contributed by atoms with Crippen molar-refractivity contribution in [2.24, 2.45) is 0 Å². The second-order valence-corrected chi connectivity index (χ2v) is 8.06. The summed E-state index contributed by atoms with van der Waals surface area (Å²) >= 11 is 0. The van der Waals surface area contributed by atoms with Gasteiger partial charge in [0, 0.05) is 24.6 Å². The number of aliphatic hydroxyl groups excluding tert-OH is 3. The van der Waals surface area contributed by atoms with Crippen LogP contribution in [0.5, 0.6) is 28.7 Å². The van der Waals surface area contributed by atoms with E-state index in [1.54, 1.807) is 0 Å². The SMILES string of the molecule is CC(=O)OC[C@H]1O[C@@H](Oc2cc3oc(-c4ccc(O)c(O)c4)cc(=O)c3c(O)c2O)[C@H](O)[C@@H](O)[C@@H]1O. The minimum Gasteiger partial charge on any atom is -0.504 e. The van der Waals surface area contributed by atoms with Crippen LogP contribution in [-0.4, -0.2) is 79.0 Å². The fraction of sp³-hybridized carbons (Fsp3) is 0.304. The summed E-state index contributed by atoms with van der Waals surface area (Å²) in [6, 6.07) is 5.69. The highest BCUT2D eigenvalue weighted by atomic mass is 16.7. The van der Waals surface area contributed by atoms with E-state index in [0.717, 1.165) is 25.1 Å². The number of hydrogen-bond acceptors (Lipinski definition) is 13. The van der Waals surface area contributed by atoms with Gasteiger partial charge in [-0.1, -0.05) is 0 Å². The van der Waals surface area contributed by atoms with Crippen LogP contribution in [0, 0.1) is 0 Å². The van der Waals surface area contributed by atoms with Crippen LogP contribution in [-0.2, 0) is 14.3 Å². The first-order chi connectivity index (χ1) is 17.0. The number of aliphatic hydroxyl groups is 3. The number of benzene rings is 2. The molecule has 1 aromatic heterocycles. The van der Waals surface area contributed by atoms with E-state index in [1.807, 2.05) is 0 Å². The van der Waals surface area contributed by atoms with Crippen molar-refractivity contribution in [3.05, 3.63) is 40.6 Å². The number of phenolic OH excluding ortho intramolecular Hbond substituents is 4. The number of phenols is 4. The second-order valence-electron chi connectivity index (χ2n) is 8.06. The predicted molar refractivity (Wildman–Crippen MR) is 119 cm³/mol. The van der Waals surface area contributed by atoms with E-state index in [1.165, 1.54) is 12.1 Å². The molecule has 13 heteroatoms. The summed E-state index contributed by atoms with van der Waals surface area (Å²) in [4.78, 5) is 23.7. The number of carbonyl (C=O) groups excluding carboxylic acids is 1. The van der Waals surface area contributed by atoms with Gasteiger partial charge in [0.05, 0.1) is 0 Å². The van der Waals surface area contributed by atoms with E-state index in [9.17, 15) is 45.3 Å². The van der Waals surface area contributed by atoms with Gasteiger partial charge in [0.1, 0.15) is 47.8 Å². The second kappa shape index (κ2) is 9.54. The largest absolute Gasteiger partial charge is 0.504 e. The van der Waals surface area contributed by atoms with Crippen molar-refractivity contribution in [2.75, 3.05) is 6.61 Å². The third-order valence-corrected chi connectivity index (χ3v) is 5.55. The topological polar surface area (TPSA) is 217 Å². The van der Waals surface area contributed by atoms with Gasteiger partial charge in [-0.3, -0.25) is 9.59 Å². The van der Waals surface area contributed by atoms with E-state index in [4.69, 9.17) is 18.6 Å². The lowest BCUT2D eigenvalue weighted by Crippen LogP contribution is -2.60. The summed E-state index contributed by atoms with van der Waals surface area (Å²) in [7, 11) is 0. The summed E-state index contributed by atoms with van der Waals surface area (Å²) < 4.78 is 21.2. The third-order valence-electron chi connectivity index (χ3n) is 5.55. The molecule has 2 heterocycles. The number of hydrogen-bond donors (Lipinski definition) is 7. The highest BCUT2D eigenvalue weighted by molar-refractivity contribution is 5.89. The van der Waals surface area contributed by atoms with Crippen molar-refractivity contribution < 1.29 is 59.2 Å². The van der Waals surface area contributed by atoms with Crippen molar-refractivity contribution in [1.29, 1.82) is 0 Å². The molecule has 0 bridgehead atoms. The van der Waals surface area contributed by atoms with Gasteiger partial charge in [-0.2, -0.15) is 0 Å². The van der Waals surface area contributed by atoms with Crippen LogP contribution in [0.25, 0.3) is 22.3 Å². The van der Waals surface area contributed by atoms with Crippen LogP contribution < -0.4 is 10.2 Å². The fourth-order valence-corrected chi connectivity index (χ4v) is 3.65. The van der Waals surface area contributed by atoms with Crippen LogP contribution in [0.15, 0.2) is 39.5 Å². The van der Waals surface area contributed by atoms with Gasteiger partial charge >= 0.3 is 5.97 Å². The molecule has 7 N–H and O–H groups in total. The first-order valence-corrected chi connectivity index (χ1v) is 10.5. The normalized spacial score (nSPS) is 23.9. The molecule has 36 heavy (non-hydrogen) atoms. The van der Waals surface area contributed by atoms with E-state index < -0.39 is 82.8 Å². The lowest BCUT2D eigenvalue weighted by molar-refractivity contribution is -0.278. The minimum atomic E-state index is -1.83. The molecule has 192 valence electrons. The average Bonchev–Trinajstić information content (AvgIpc) is 2.83. The number of carbonyl (C=O) groups is 1. The Morgan fingerprint density at radius 1 is 0.944 bits per heavy atom. The lowest BCUT2D eigenvalue weighted by atomic mass is 9.99. The molecule has 0 saturated carbocycles. The van der Waals surface area contributed by atoms with E-state index in [0.29, 0.717) is 0 Å². The first-order valence-electron chi connectivity index (χ1n) is 10.5. The summed E-state index contributed by atoms with van der Waals surface area (Å²) in [5.74, 6) is -3.95. The Bertz CT molecular complexity index is 1360. The molecule has 3 aromatic rings. The summed E-state index contributed by atoms with van der Waals surface area (Å²) in [5.41, 5.74) is -0.819. The predicted octanol–water partition coefficient (Wildman–Crippen LogP) is 0.0319. The maximum atomic E-state index is 12.6. The van der Waals surface area contributed by atoms with Crippen LogP contribution in [0.2, 0.25) is 0 Å². The van der Waals surface area contributed by atoms with Crippen molar-refractivity contribution in [1.82, 2.24) is 0 Å². The zero-order chi connectivity index (χ0) is 26.3. The Kier molecular flexibility index (Phi) is 6.65. The summed E-state index contributed by atoms with van der Waals surface area (Å²) in [6.45, 7) is 0.638. The summed E-state index contributed by atoms with van der Waals surface area (Å²) in [5, 5.41) is 70.2. The first kappa shape index (κ1) is 25.1. The molecule has 0 amide bonds. The molecule has 0 spiro atoms. The molecule has 13 nitrogen and oxygen atoms in total. The molecule has 0 unspecified atom stereocenters. The molecular formula is C23H22O13. The molecule has 1 saturated heterocycles. The highest BCUT2D eigenvalue weighted by Gasteiger charge is 2.45. The molecule has 5 atom stereocenters. The zero-order valence-electron chi connectivity index (χ0n) is 18.6. The Morgan fingerprint density at radius 2 is 1.67 bits per heavy atom. The van der Waals surface area contributed by atoms with Gasteiger partial charge in [-0.15, -0.1) is 0 Å². The Labute approximate surface area is 201 Å². The fourth-order valence-electron chi connectivity index (χ4n) is 3.65. The van der Waals surface area contributed by atoms with E-state index in [-0.39, 0.29) is 16.9 Å². The Hall–Kier alpha value is -4.04. The Morgan fingerprint density at radius 3 is 2.33 bits per heavy atom. The molecular weight excluding hydrogens is 484 g/mol. The molecule has 0 aliphatic carbocycles. The minimum absolute atomic E-state index is 0.0622. The molecule has 1 aliphatic rings. The average molecular weight is 506 g/mol. The monoisotopic (exact) mass is 506 g/mol. The molecule has 0 radical (unpaired) electrons.